The van der Waals surface area contributed by atoms with Crippen LogP contribution in [-0.4, -0.2) is 23.9 Å². The second-order valence-electron chi connectivity index (χ2n) is 5.68. The van der Waals surface area contributed by atoms with Gasteiger partial charge in [-0.15, -0.1) is 0 Å². The number of nitrogens with zero attached hydrogens (tertiary/aromatic N) is 2. The number of hydrogen-bond acceptors (Lipinski definition) is 2. The zero-order valence-corrected chi connectivity index (χ0v) is 10.6. The van der Waals surface area contributed by atoms with Crippen molar-refractivity contribution in [1.29, 1.82) is 5.26 Å². The summed E-state index contributed by atoms with van der Waals surface area (Å²) in [5, 5.41) is 8.53. The van der Waals surface area contributed by atoms with Crippen LogP contribution in [0.25, 0.3) is 0 Å². The van der Waals surface area contributed by atoms with Crippen molar-refractivity contribution in [2.75, 3.05) is 13.1 Å². The first-order valence-electron chi connectivity index (χ1n) is 6.11. The third kappa shape index (κ3) is 3.52. The van der Waals surface area contributed by atoms with E-state index in [-0.39, 0.29) is 11.3 Å². The minimum absolute atomic E-state index is 0.256. The standard InChI is InChI=1S/C13H22N2O/c1-13(2,3)12(16)15-9-6-11(7-10-15)5-4-8-14/h11H,4-7,9-10H2,1-3H3. The number of amides is 1. The molecule has 0 aliphatic carbocycles. The smallest absolute Gasteiger partial charge is 0.227 e. The lowest BCUT2D eigenvalue weighted by atomic mass is 9.89. The fraction of sp³-hybridized carbons (Fsp3) is 0.846. The van der Waals surface area contributed by atoms with Crippen LogP contribution in [0, 0.1) is 22.7 Å². The summed E-state index contributed by atoms with van der Waals surface area (Å²) in [6.45, 7) is 7.64. The summed E-state index contributed by atoms with van der Waals surface area (Å²) >= 11 is 0. The van der Waals surface area contributed by atoms with Gasteiger partial charge in [-0.05, 0) is 25.2 Å². The summed E-state index contributed by atoms with van der Waals surface area (Å²) < 4.78 is 0. The molecule has 0 unspecified atom stereocenters. The highest BCUT2D eigenvalue weighted by atomic mass is 16.2. The number of carbonyl (C=O) groups is 1. The quantitative estimate of drug-likeness (QED) is 0.720. The lowest BCUT2D eigenvalue weighted by molar-refractivity contribution is -0.140. The van der Waals surface area contributed by atoms with E-state index in [2.05, 4.69) is 6.07 Å². The summed E-state index contributed by atoms with van der Waals surface area (Å²) in [7, 11) is 0. The van der Waals surface area contributed by atoms with Crippen LogP contribution in [-0.2, 0) is 4.79 Å². The van der Waals surface area contributed by atoms with Crippen molar-refractivity contribution in [1.82, 2.24) is 4.90 Å². The molecule has 0 aromatic rings. The summed E-state index contributed by atoms with van der Waals surface area (Å²) in [5.74, 6) is 0.898. The molecule has 3 heteroatoms. The fourth-order valence-electron chi connectivity index (χ4n) is 2.17. The van der Waals surface area contributed by atoms with E-state index in [4.69, 9.17) is 5.26 Å². The number of piperidine rings is 1. The topological polar surface area (TPSA) is 44.1 Å². The molecule has 0 bridgehead atoms. The Morgan fingerprint density at radius 3 is 2.38 bits per heavy atom. The van der Waals surface area contributed by atoms with Gasteiger partial charge in [0.1, 0.15) is 0 Å². The molecule has 0 N–H and O–H groups in total. The van der Waals surface area contributed by atoms with Crippen LogP contribution in [0.1, 0.15) is 46.5 Å². The van der Waals surface area contributed by atoms with Crippen molar-refractivity contribution in [2.45, 2.75) is 46.5 Å². The number of rotatable bonds is 2. The van der Waals surface area contributed by atoms with E-state index in [9.17, 15) is 4.79 Å². The highest BCUT2D eigenvalue weighted by molar-refractivity contribution is 5.81. The molecule has 1 aliphatic rings. The Balaban J connectivity index is 2.38. The van der Waals surface area contributed by atoms with Gasteiger partial charge in [0.05, 0.1) is 6.07 Å². The van der Waals surface area contributed by atoms with Crippen LogP contribution in [0.4, 0.5) is 0 Å². The average molecular weight is 222 g/mol. The SMILES string of the molecule is CC(C)(C)C(=O)N1CCC(CCC#N)CC1. The number of carbonyl (C=O) groups excluding carboxylic acids is 1. The zero-order chi connectivity index (χ0) is 12.2. The normalized spacial score (nSPS) is 18.2. The van der Waals surface area contributed by atoms with Gasteiger partial charge >= 0.3 is 0 Å². The van der Waals surface area contributed by atoms with Gasteiger partial charge in [0.15, 0.2) is 0 Å². The molecule has 1 heterocycles. The van der Waals surface area contributed by atoms with Crippen LogP contribution >= 0.6 is 0 Å². The number of likely N-dealkylation sites (tertiary alicyclic amines) is 1. The molecule has 1 rings (SSSR count). The molecule has 0 aromatic heterocycles. The van der Waals surface area contributed by atoms with Crippen LogP contribution in [0.5, 0.6) is 0 Å². The lowest BCUT2D eigenvalue weighted by Crippen LogP contribution is -2.44. The van der Waals surface area contributed by atoms with Gasteiger partial charge in [-0.25, -0.2) is 0 Å². The van der Waals surface area contributed by atoms with Crippen molar-refractivity contribution in [3.8, 4) is 6.07 Å². The molecule has 0 atom stereocenters. The van der Waals surface area contributed by atoms with E-state index in [1.54, 1.807) is 0 Å². The van der Waals surface area contributed by atoms with Crippen LogP contribution in [0.15, 0.2) is 0 Å². The molecule has 0 radical (unpaired) electrons. The number of hydrogen-bond donors (Lipinski definition) is 0. The van der Waals surface area contributed by atoms with Crippen molar-refractivity contribution < 1.29 is 4.79 Å². The summed E-state index contributed by atoms with van der Waals surface area (Å²) in [4.78, 5) is 14.0. The van der Waals surface area contributed by atoms with Gasteiger partial charge in [0, 0.05) is 24.9 Å². The van der Waals surface area contributed by atoms with Crippen molar-refractivity contribution in [3.05, 3.63) is 0 Å². The molecule has 1 aliphatic heterocycles. The van der Waals surface area contributed by atoms with Gasteiger partial charge in [-0.2, -0.15) is 5.26 Å². The first kappa shape index (κ1) is 13.0. The maximum atomic E-state index is 12.0. The largest absolute Gasteiger partial charge is 0.342 e. The van der Waals surface area contributed by atoms with Gasteiger partial charge in [0.2, 0.25) is 5.91 Å². The Kier molecular flexibility index (Phi) is 4.35. The van der Waals surface area contributed by atoms with Gasteiger partial charge in [0.25, 0.3) is 0 Å². The summed E-state index contributed by atoms with van der Waals surface area (Å²) in [6, 6.07) is 2.19. The lowest BCUT2D eigenvalue weighted by Gasteiger charge is -2.35. The van der Waals surface area contributed by atoms with E-state index in [0.717, 1.165) is 32.4 Å². The second kappa shape index (κ2) is 5.34. The first-order valence-corrected chi connectivity index (χ1v) is 6.11. The van der Waals surface area contributed by atoms with Gasteiger partial charge in [-0.1, -0.05) is 20.8 Å². The molecule has 1 saturated heterocycles. The summed E-state index contributed by atoms with van der Waals surface area (Å²) in [6.07, 6.45) is 3.76. The van der Waals surface area contributed by atoms with Crippen LogP contribution < -0.4 is 0 Å². The molecular weight excluding hydrogens is 200 g/mol. The third-order valence-corrected chi connectivity index (χ3v) is 3.21. The third-order valence-electron chi connectivity index (χ3n) is 3.21. The monoisotopic (exact) mass is 222 g/mol. The Hall–Kier alpha value is -1.04. The molecule has 3 nitrogen and oxygen atoms in total. The predicted molar refractivity (Wildman–Crippen MR) is 63.6 cm³/mol. The van der Waals surface area contributed by atoms with Crippen molar-refractivity contribution in [2.24, 2.45) is 11.3 Å². The van der Waals surface area contributed by atoms with E-state index < -0.39 is 0 Å². The molecule has 0 saturated carbocycles. The average Bonchev–Trinajstić information content (AvgIpc) is 2.25. The van der Waals surface area contributed by atoms with E-state index >= 15 is 0 Å². The van der Waals surface area contributed by atoms with Crippen LogP contribution in [0.2, 0.25) is 0 Å². The summed E-state index contributed by atoms with van der Waals surface area (Å²) in [5.41, 5.74) is -0.264. The first-order chi connectivity index (χ1) is 7.45. The van der Waals surface area contributed by atoms with Gasteiger partial charge < -0.3 is 4.90 Å². The second-order valence-corrected chi connectivity index (χ2v) is 5.68. The van der Waals surface area contributed by atoms with Crippen molar-refractivity contribution in [3.63, 3.8) is 0 Å². The molecule has 0 aromatic carbocycles. The minimum atomic E-state index is -0.264. The molecule has 1 amide bonds. The Morgan fingerprint density at radius 1 is 1.38 bits per heavy atom. The molecule has 0 spiro atoms. The predicted octanol–water partition coefficient (Wildman–Crippen LogP) is 2.57. The molecule has 16 heavy (non-hydrogen) atoms. The maximum absolute atomic E-state index is 12.0. The highest BCUT2D eigenvalue weighted by Gasteiger charge is 2.29. The molecular formula is C13H22N2O. The Bertz CT molecular complexity index is 277. The Morgan fingerprint density at radius 2 is 1.94 bits per heavy atom. The Labute approximate surface area is 98.4 Å². The maximum Gasteiger partial charge on any atom is 0.227 e. The minimum Gasteiger partial charge on any atom is -0.342 e. The molecule has 90 valence electrons. The molecule has 1 fully saturated rings. The fourth-order valence-corrected chi connectivity index (χ4v) is 2.17. The highest BCUT2D eigenvalue weighted by Crippen LogP contribution is 2.25. The van der Waals surface area contributed by atoms with Crippen molar-refractivity contribution >= 4 is 5.91 Å². The van der Waals surface area contributed by atoms with Gasteiger partial charge in [-0.3, -0.25) is 4.79 Å². The van der Waals surface area contributed by atoms with E-state index in [1.165, 1.54) is 0 Å². The number of nitriles is 1. The van der Waals surface area contributed by atoms with Crippen LogP contribution in [0.3, 0.4) is 0 Å². The van der Waals surface area contributed by atoms with E-state index in [0.29, 0.717) is 12.3 Å². The van der Waals surface area contributed by atoms with E-state index in [1.807, 2.05) is 25.7 Å². The zero-order valence-electron chi connectivity index (χ0n) is 10.6.